The average Bonchev–Trinajstić information content (AvgIpc) is 2.46. The minimum absolute atomic E-state index is 0.237. The quantitative estimate of drug-likeness (QED) is 0.804. The van der Waals surface area contributed by atoms with Gasteiger partial charge < -0.3 is 19.9 Å². The first-order valence-electron chi connectivity index (χ1n) is 6.66. The van der Waals surface area contributed by atoms with Crippen LogP contribution in [0.3, 0.4) is 0 Å². The highest BCUT2D eigenvalue weighted by atomic mass is 16.5. The van der Waals surface area contributed by atoms with E-state index in [9.17, 15) is 14.7 Å². The van der Waals surface area contributed by atoms with Crippen molar-refractivity contribution in [3.63, 3.8) is 0 Å². The number of ether oxygens (including phenoxy) is 2. The van der Waals surface area contributed by atoms with Crippen molar-refractivity contribution in [1.29, 1.82) is 0 Å². The molecule has 0 radical (unpaired) electrons. The maximum Gasteiger partial charge on any atom is 0.329 e. The van der Waals surface area contributed by atoms with Gasteiger partial charge in [-0.3, -0.25) is 4.79 Å². The van der Waals surface area contributed by atoms with E-state index < -0.39 is 17.4 Å². The zero-order valence-electron chi connectivity index (χ0n) is 12.7. The van der Waals surface area contributed by atoms with E-state index in [0.717, 1.165) is 0 Å². The first-order chi connectivity index (χ1) is 9.89. The lowest BCUT2D eigenvalue weighted by Crippen LogP contribution is -2.52. The van der Waals surface area contributed by atoms with Crippen LogP contribution in [0.25, 0.3) is 0 Å². The van der Waals surface area contributed by atoms with E-state index in [1.165, 1.54) is 21.1 Å². The van der Waals surface area contributed by atoms with Gasteiger partial charge in [-0.15, -0.1) is 0 Å². The van der Waals surface area contributed by atoms with Crippen molar-refractivity contribution in [3.05, 3.63) is 23.8 Å². The van der Waals surface area contributed by atoms with E-state index in [4.69, 9.17) is 9.47 Å². The van der Waals surface area contributed by atoms with Crippen LogP contribution in [0, 0.1) is 0 Å². The maximum atomic E-state index is 12.4. The normalized spacial score (nSPS) is 13.1. The molecular formula is C15H21NO5. The van der Waals surface area contributed by atoms with Gasteiger partial charge in [-0.1, -0.05) is 19.4 Å². The van der Waals surface area contributed by atoms with Gasteiger partial charge >= 0.3 is 5.97 Å². The first-order valence-corrected chi connectivity index (χ1v) is 6.66. The van der Waals surface area contributed by atoms with Crippen LogP contribution >= 0.6 is 0 Å². The molecule has 0 spiro atoms. The van der Waals surface area contributed by atoms with Crippen molar-refractivity contribution in [2.24, 2.45) is 0 Å². The number of hydrogen-bond donors (Lipinski definition) is 2. The van der Waals surface area contributed by atoms with Crippen molar-refractivity contribution >= 4 is 11.9 Å². The summed E-state index contributed by atoms with van der Waals surface area (Å²) < 4.78 is 10.3. The van der Waals surface area contributed by atoms with Crippen LogP contribution in [0.15, 0.2) is 18.2 Å². The van der Waals surface area contributed by atoms with Crippen molar-refractivity contribution in [3.8, 4) is 11.5 Å². The lowest BCUT2D eigenvalue weighted by molar-refractivity contribution is -0.144. The number of amides is 1. The minimum atomic E-state index is -1.32. The molecule has 1 aromatic carbocycles. The third-order valence-electron chi connectivity index (χ3n) is 3.26. The smallest absolute Gasteiger partial charge is 0.329 e. The Morgan fingerprint density at radius 3 is 2.43 bits per heavy atom. The molecule has 1 amide bonds. The second-order valence-corrected chi connectivity index (χ2v) is 4.88. The molecular weight excluding hydrogens is 274 g/mol. The average molecular weight is 295 g/mol. The summed E-state index contributed by atoms with van der Waals surface area (Å²) in [6, 6.07) is 4.87. The Hall–Kier alpha value is -2.24. The first kappa shape index (κ1) is 16.8. The predicted octanol–water partition coefficient (Wildman–Crippen LogP) is 2.08. The molecule has 2 N–H and O–H groups in total. The van der Waals surface area contributed by atoms with Crippen LogP contribution in [-0.4, -0.2) is 36.7 Å². The second kappa shape index (κ2) is 6.97. The molecule has 0 fully saturated rings. The van der Waals surface area contributed by atoms with Crippen LogP contribution in [-0.2, 0) is 4.79 Å². The molecule has 0 aliphatic carbocycles. The predicted molar refractivity (Wildman–Crippen MR) is 78.0 cm³/mol. The summed E-state index contributed by atoms with van der Waals surface area (Å²) >= 11 is 0. The summed E-state index contributed by atoms with van der Waals surface area (Å²) in [6.45, 7) is 3.35. The largest absolute Gasteiger partial charge is 0.493 e. The van der Waals surface area contributed by atoms with Gasteiger partial charge in [0.15, 0.2) is 11.5 Å². The van der Waals surface area contributed by atoms with Gasteiger partial charge in [0, 0.05) is 0 Å². The second-order valence-electron chi connectivity index (χ2n) is 4.88. The van der Waals surface area contributed by atoms with Crippen molar-refractivity contribution < 1.29 is 24.2 Å². The molecule has 0 heterocycles. The van der Waals surface area contributed by atoms with Crippen LogP contribution in [0.5, 0.6) is 11.5 Å². The number of para-hydroxylation sites is 1. The molecule has 0 aromatic heterocycles. The van der Waals surface area contributed by atoms with Gasteiger partial charge in [-0.25, -0.2) is 4.79 Å². The fourth-order valence-electron chi connectivity index (χ4n) is 2.11. The van der Waals surface area contributed by atoms with Gasteiger partial charge in [-0.05, 0) is 25.5 Å². The van der Waals surface area contributed by atoms with E-state index in [0.29, 0.717) is 18.6 Å². The van der Waals surface area contributed by atoms with Gasteiger partial charge in [0.2, 0.25) is 0 Å². The lowest BCUT2D eigenvalue weighted by atomic mass is 9.95. The molecule has 0 bridgehead atoms. The number of carboxylic acid groups (broad SMARTS) is 1. The maximum absolute atomic E-state index is 12.4. The number of carbonyl (C=O) groups is 2. The molecule has 0 aliphatic rings. The van der Waals surface area contributed by atoms with E-state index in [-0.39, 0.29) is 11.3 Å². The van der Waals surface area contributed by atoms with Gasteiger partial charge in [-0.2, -0.15) is 0 Å². The minimum Gasteiger partial charge on any atom is -0.493 e. The summed E-state index contributed by atoms with van der Waals surface area (Å²) in [6.07, 6.45) is 0.971. The Bertz CT molecular complexity index is 529. The summed E-state index contributed by atoms with van der Waals surface area (Å²) in [5.41, 5.74) is -1.08. The number of hydrogen-bond acceptors (Lipinski definition) is 4. The summed E-state index contributed by atoms with van der Waals surface area (Å²) in [5.74, 6) is -0.886. The van der Waals surface area contributed by atoms with Gasteiger partial charge in [0.1, 0.15) is 5.54 Å². The lowest BCUT2D eigenvalue weighted by Gasteiger charge is -2.26. The standard InChI is InChI=1S/C15H21NO5/c1-5-9-15(2,14(18)19)16-13(17)10-7-6-8-11(20-3)12(10)21-4/h6-8H,5,9H2,1-4H3,(H,16,17)(H,18,19). The van der Waals surface area contributed by atoms with E-state index in [1.807, 2.05) is 6.92 Å². The number of aliphatic carboxylic acids is 1. The fourth-order valence-corrected chi connectivity index (χ4v) is 2.11. The molecule has 1 rings (SSSR count). The molecule has 116 valence electrons. The van der Waals surface area contributed by atoms with Gasteiger partial charge in [0.25, 0.3) is 5.91 Å². The Balaban J connectivity index is 3.12. The summed E-state index contributed by atoms with van der Waals surface area (Å²) in [5, 5.41) is 11.9. The fraction of sp³-hybridized carbons (Fsp3) is 0.467. The Morgan fingerprint density at radius 1 is 1.29 bits per heavy atom. The molecule has 0 aliphatic heterocycles. The van der Waals surface area contributed by atoms with Crippen LogP contribution in [0.1, 0.15) is 37.0 Å². The zero-order chi connectivity index (χ0) is 16.0. The monoisotopic (exact) mass is 295 g/mol. The van der Waals surface area contributed by atoms with Crippen LogP contribution < -0.4 is 14.8 Å². The Kier molecular flexibility index (Phi) is 5.58. The van der Waals surface area contributed by atoms with Crippen molar-refractivity contribution in [2.75, 3.05) is 14.2 Å². The van der Waals surface area contributed by atoms with Crippen molar-refractivity contribution in [2.45, 2.75) is 32.2 Å². The molecule has 1 unspecified atom stereocenters. The highest BCUT2D eigenvalue weighted by Crippen LogP contribution is 2.31. The van der Waals surface area contributed by atoms with Crippen molar-refractivity contribution in [1.82, 2.24) is 5.32 Å². The third kappa shape index (κ3) is 3.65. The number of benzene rings is 1. The summed E-state index contributed by atoms with van der Waals surface area (Å²) in [7, 11) is 2.90. The number of carbonyl (C=O) groups excluding carboxylic acids is 1. The number of nitrogens with one attached hydrogen (secondary N) is 1. The number of methoxy groups -OCH3 is 2. The molecule has 6 heteroatoms. The van der Waals surface area contributed by atoms with Crippen LogP contribution in [0.2, 0.25) is 0 Å². The zero-order valence-corrected chi connectivity index (χ0v) is 12.7. The molecule has 0 saturated heterocycles. The molecule has 1 atom stereocenters. The molecule has 6 nitrogen and oxygen atoms in total. The Morgan fingerprint density at radius 2 is 1.95 bits per heavy atom. The summed E-state index contributed by atoms with van der Waals surface area (Å²) in [4.78, 5) is 23.8. The molecule has 0 saturated carbocycles. The van der Waals surface area contributed by atoms with E-state index in [1.54, 1.807) is 18.2 Å². The number of rotatable bonds is 7. The van der Waals surface area contributed by atoms with E-state index in [2.05, 4.69) is 5.32 Å². The highest BCUT2D eigenvalue weighted by Gasteiger charge is 2.34. The number of carboxylic acids is 1. The SMILES string of the molecule is CCCC(C)(NC(=O)c1cccc(OC)c1OC)C(=O)O. The topological polar surface area (TPSA) is 84.9 Å². The van der Waals surface area contributed by atoms with Crippen LogP contribution in [0.4, 0.5) is 0 Å². The Labute approximate surface area is 124 Å². The van der Waals surface area contributed by atoms with E-state index >= 15 is 0 Å². The highest BCUT2D eigenvalue weighted by molar-refractivity contribution is 6.00. The van der Waals surface area contributed by atoms with Gasteiger partial charge in [0.05, 0.1) is 19.8 Å². The molecule has 21 heavy (non-hydrogen) atoms. The molecule has 1 aromatic rings. The third-order valence-corrected chi connectivity index (χ3v) is 3.26.